The van der Waals surface area contributed by atoms with Crippen LogP contribution in [0.4, 0.5) is 0 Å². The Kier molecular flexibility index (Phi) is 3.09. The molecule has 0 aliphatic heterocycles. The van der Waals surface area contributed by atoms with Crippen molar-refractivity contribution < 1.29 is 4.42 Å². The minimum Gasteiger partial charge on any atom is -0.448 e. The molecule has 0 amide bonds. The Labute approximate surface area is 98.5 Å². The summed E-state index contributed by atoms with van der Waals surface area (Å²) in [6.07, 6.45) is 6.88. The van der Waals surface area contributed by atoms with Gasteiger partial charge in [0.25, 0.3) is 0 Å². The van der Waals surface area contributed by atoms with E-state index in [0.717, 1.165) is 17.5 Å². The summed E-state index contributed by atoms with van der Waals surface area (Å²) in [5, 5.41) is 0. The molecule has 1 heterocycles. The lowest BCUT2D eigenvalue weighted by atomic mass is 9.70. The van der Waals surface area contributed by atoms with Crippen LogP contribution in [0.25, 0.3) is 0 Å². The summed E-state index contributed by atoms with van der Waals surface area (Å²) in [5.74, 6) is 2.39. The molecular weight excluding hydrogens is 198 g/mol. The predicted molar refractivity (Wildman–Crippen MR) is 65.4 cm³/mol. The molecule has 0 atom stereocenters. The Balaban J connectivity index is 1.95. The third kappa shape index (κ3) is 2.47. The van der Waals surface area contributed by atoms with Crippen LogP contribution in [0.2, 0.25) is 0 Å². The Morgan fingerprint density at radius 3 is 2.25 bits per heavy atom. The fourth-order valence-electron chi connectivity index (χ4n) is 2.77. The number of aromatic nitrogens is 1. The molecule has 90 valence electrons. The lowest BCUT2D eigenvalue weighted by molar-refractivity contribution is 0.162. The van der Waals surface area contributed by atoms with E-state index in [1.165, 1.54) is 25.7 Å². The van der Waals surface area contributed by atoms with Gasteiger partial charge in [-0.25, -0.2) is 4.98 Å². The van der Waals surface area contributed by atoms with Crippen molar-refractivity contribution in [2.24, 2.45) is 11.3 Å². The molecule has 0 aromatic carbocycles. The van der Waals surface area contributed by atoms with Gasteiger partial charge in [0.1, 0.15) is 6.26 Å². The summed E-state index contributed by atoms with van der Waals surface area (Å²) >= 11 is 0. The first-order valence-corrected chi connectivity index (χ1v) is 6.39. The number of oxazole rings is 1. The van der Waals surface area contributed by atoms with Crippen LogP contribution in [0.15, 0.2) is 10.7 Å². The second kappa shape index (κ2) is 4.23. The largest absolute Gasteiger partial charge is 0.448 e. The van der Waals surface area contributed by atoms with Crippen LogP contribution in [0, 0.1) is 18.3 Å². The van der Waals surface area contributed by atoms with Crippen LogP contribution in [0.3, 0.4) is 0 Å². The third-order valence-corrected chi connectivity index (χ3v) is 3.94. The van der Waals surface area contributed by atoms with Gasteiger partial charge in [-0.2, -0.15) is 0 Å². The number of rotatable bonds is 1. The van der Waals surface area contributed by atoms with E-state index in [1.807, 2.05) is 6.92 Å². The average molecular weight is 221 g/mol. The quantitative estimate of drug-likeness (QED) is 0.706. The van der Waals surface area contributed by atoms with Crippen molar-refractivity contribution in [2.75, 3.05) is 0 Å². The molecule has 1 aromatic rings. The summed E-state index contributed by atoms with van der Waals surface area (Å²) in [7, 11) is 0. The molecule has 0 unspecified atom stereocenters. The third-order valence-electron chi connectivity index (χ3n) is 3.94. The number of hydrogen-bond donors (Lipinski definition) is 0. The molecule has 0 bridgehead atoms. The molecular formula is C14H23NO. The molecule has 1 fully saturated rings. The minimum absolute atomic E-state index is 0.456. The molecule has 0 saturated heterocycles. The maximum absolute atomic E-state index is 5.51. The van der Waals surface area contributed by atoms with Gasteiger partial charge in [-0.3, -0.25) is 0 Å². The Morgan fingerprint density at radius 1 is 1.19 bits per heavy atom. The molecule has 16 heavy (non-hydrogen) atoms. The maximum atomic E-state index is 5.51. The molecule has 0 N–H and O–H groups in total. The highest BCUT2D eigenvalue weighted by Crippen LogP contribution is 2.42. The zero-order valence-electron chi connectivity index (χ0n) is 10.9. The summed E-state index contributed by atoms with van der Waals surface area (Å²) in [5.41, 5.74) is 1.46. The highest BCUT2D eigenvalue weighted by atomic mass is 16.3. The van der Waals surface area contributed by atoms with E-state index >= 15 is 0 Å². The monoisotopic (exact) mass is 221 g/mol. The van der Waals surface area contributed by atoms with E-state index in [9.17, 15) is 0 Å². The molecule has 0 spiro atoms. The number of hydrogen-bond acceptors (Lipinski definition) is 2. The topological polar surface area (TPSA) is 26.0 Å². The van der Waals surface area contributed by atoms with Gasteiger partial charge in [0.05, 0.1) is 5.69 Å². The van der Waals surface area contributed by atoms with Crippen LogP contribution in [0.1, 0.15) is 64.0 Å². The van der Waals surface area contributed by atoms with E-state index in [-0.39, 0.29) is 0 Å². The molecule has 1 aromatic heterocycles. The van der Waals surface area contributed by atoms with Gasteiger partial charge in [-0.15, -0.1) is 0 Å². The van der Waals surface area contributed by atoms with E-state index in [2.05, 4.69) is 25.8 Å². The van der Waals surface area contributed by atoms with E-state index in [4.69, 9.17) is 4.42 Å². The summed E-state index contributed by atoms with van der Waals surface area (Å²) in [6, 6.07) is 0. The van der Waals surface area contributed by atoms with Crippen molar-refractivity contribution in [1.29, 1.82) is 0 Å². The summed E-state index contributed by atoms with van der Waals surface area (Å²) in [4.78, 5) is 4.45. The zero-order valence-corrected chi connectivity index (χ0v) is 10.9. The van der Waals surface area contributed by atoms with Crippen molar-refractivity contribution >= 4 is 0 Å². The molecule has 1 aliphatic carbocycles. The van der Waals surface area contributed by atoms with Crippen molar-refractivity contribution in [3.63, 3.8) is 0 Å². The van der Waals surface area contributed by atoms with Crippen molar-refractivity contribution in [3.8, 4) is 0 Å². The highest BCUT2D eigenvalue weighted by Gasteiger charge is 2.31. The van der Waals surface area contributed by atoms with Gasteiger partial charge < -0.3 is 4.42 Å². The molecule has 2 nitrogen and oxygen atoms in total. The van der Waals surface area contributed by atoms with Crippen molar-refractivity contribution in [3.05, 3.63) is 17.8 Å². The molecule has 1 aliphatic rings. The smallest absolute Gasteiger partial charge is 0.197 e. The molecule has 2 heteroatoms. The van der Waals surface area contributed by atoms with Gasteiger partial charge in [-0.1, -0.05) is 20.8 Å². The van der Waals surface area contributed by atoms with Crippen LogP contribution in [0.5, 0.6) is 0 Å². The normalized spacial score (nSPS) is 27.0. The van der Waals surface area contributed by atoms with Gasteiger partial charge in [0, 0.05) is 5.92 Å². The van der Waals surface area contributed by atoms with Crippen molar-refractivity contribution in [2.45, 2.75) is 59.3 Å². The average Bonchev–Trinajstić information content (AvgIpc) is 2.64. The fraction of sp³-hybridized carbons (Fsp3) is 0.786. The molecule has 0 radical (unpaired) electrons. The fourth-order valence-corrected chi connectivity index (χ4v) is 2.77. The molecule has 1 saturated carbocycles. The predicted octanol–water partition coefficient (Wildman–Crippen LogP) is 4.30. The SMILES string of the molecule is Cc1coc(C2CCC(C(C)(C)C)CC2)n1. The van der Waals surface area contributed by atoms with E-state index < -0.39 is 0 Å². The van der Waals surface area contributed by atoms with E-state index in [1.54, 1.807) is 6.26 Å². The Hall–Kier alpha value is -0.790. The van der Waals surface area contributed by atoms with Crippen LogP contribution < -0.4 is 0 Å². The van der Waals surface area contributed by atoms with Gasteiger partial charge in [-0.05, 0) is 43.9 Å². The first-order valence-electron chi connectivity index (χ1n) is 6.39. The highest BCUT2D eigenvalue weighted by molar-refractivity contribution is 5.00. The van der Waals surface area contributed by atoms with Crippen LogP contribution >= 0.6 is 0 Å². The zero-order chi connectivity index (χ0) is 11.8. The first-order chi connectivity index (χ1) is 7.47. The molecule has 2 rings (SSSR count). The standard InChI is InChI=1S/C14H23NO/c1-10-9-16-13(15-10)11-5-7-12(8-6-11)14(2,3)4/h9,11-12H,5-8H2,1-4H3. The summed E-state index contributed by atoms with van der Waals surface area (Å²) < 4.78 is 5.51. The number of nitrogens with zero attached hydrogens (tertiary/aromatic N) is 1. The van der Waals surface area contributed by atoms with Gasteiger partial charge in [0.2, 0.25) is 0 Å². The lowest BCUT2D eigenvalue weighted by Crippen LogP contribution is -2.25. The lowest BCUT2D eigenvalue weighted by Gasteiger charge is -2.36. The first kappa shape index (κ1) is 11.7. The van der Waals surface area contributed by atoms with E-state index in [0.29, 0.717) is 11.3 Å². The maximum Gasteiger partial charge on any atom is 0.197 e. The van der Waals surface area contributed by atoms with Gasteiger partial charge in [0.15, 0.2) is 5.89 Å². The van der Waals surface area contributed by atoms with Crippen LogP contribution in [-0.4, -0.2) is 4.98 Å². The van der Waals surface area contributed by atoms with Gasteiger partial charge >= 0.3 is 0 Å². The Morgan fingerprint density at radius 2 is 1.81 bits per heavy atom. The van der Waals surface area contributed by atoms with Crippen LogP contribution in [-0.2, 0) is 0 Å². The minimum atomic E-state index is 0.456. The second-order valence-corrected chi connectivity index (χ2v) is 6.24. The Bertz CT molecular complexity index is 340. The second-order valence-electron chi connectivity index (χ2n) is 6.24. The number of aryl methyl sites for hydroxylation is 1. The summed E-state index contributed by atoms with van der Waals surface area (Å²) in [6.45, 7) is 9.06. The van der Waals surface area contributed by atoms with Crippen molar-refractivity contribution in [1.82, 2.24) is 4.98 Å².